The summed E-state index contributed by atoms with van der Waals surface area (Å²) in [6.07, 6.45) is -0.197. The standard InChI is InChI=1S/C15H14O3/c16-11-6-7-12-13(17)9-14(18-15(12)8-11)10-4-2-1-3-5-10/h1-8,13-14,16-17H,9H2. The molecular weight excluding hydrogens is 228 g/mol. The molecule has 0 spiro atoms. The molecule has 0 saturated heterocycles. The van der Waals surface area contributed by atoms with Crippen LogP contribution in [0.1, 0.15) is 29.8 Å². The molecule has 0 aliphatic carbocycles. The van der Waals surface area contributed by atoms with Crippen LogP contribution in [0.2, 0.25) is 0 Å². The van der Waals surface area contributed by atoms with E-state index in [1.807, 2.05) is 30.3 Å². The molecule has 3 nitrogen and oxygen atoms in total. The fourth-order valence-electron chi connectivity index (χ4n) is 2.30. The van der Waals surface area contributed by atoms with Gasteiger partial charge in [-0.05, 0) is 17.7 Å². The van der Waals surface area contributed by atoms with Gasteiger partial charge in [-0.15, -0.1) is 0 Å². The van der Waals surface area contributed by atoms with E-state index in [9.17, 15) is 10.2 Å². The summed E-state index contributed by atoms with van der Waals surface area (Å²) in [4.78, 5) is 0. The molecule has 3 rings (SSSR count). The van der Waals surface area contributed by atoms with E-state index in [2.05, 4.69) is 0 Å². The van der Waals surface area contributed by atoms with Gasteiger partial charge in [-0.25, -0.2) is 0 Å². The fraction of sp³-hybridized carbons (Fsp3) is 0.200. The Labute approximate surface area is 105 Å². The highest BCUT2D eigenvalue weighted by atomic mass is 16.5. The van der Waals surface area contributed by atoms with E-state index in [0.717, 1.165) is 11.1 Å². The van der Waals surface area contributed by atoms with Crippen molar-refractivity contribution in [1.29, 1.82) is 0 Å². The van der Waals surface area contributed by atoms with Crippen molar-refractivity contribution in [2.24, 2.45) is 0 Å². The average molecular weight is 242 g/mol. The number of fused-ring (bicyclic) bond motifs is 1. The van der Waals surface area contributed by atoms with E-state index in [1.54, 1.807) is 18.2 Å². The Hall–Kier alpha value is -2.00. The Balaban J connectivity index is 1.96. The Morgan fingerprint density at radius 3 is 2.61 bits per heavy atom. The monoisotopic (exact) mass is 242 g/mol. The number of aliphatic hydroxyl groups excluding tert-OH is 1. The molecule has 2 aromatic carbocycles. The van der Waals surface area contributed by atoms with Crippen LogP contribution in [0.4, 0.5) is 0 Å². The zero-order valence-electron chi connectivity index (χ0n) is 9.78. The van der Waals surface area contributed by atoms with Gasteiger partial charge in [0.1, 0.15) is 17.6 Å². The number of phenols is 1. The molecule has 2 unspecified atom stereocenters. The average Bonchev–Trinajstić information content (AvgIpc) is 2.39. The largest absolute Gasteiger partial charge is 0.508 e. The highest BCUT2D eigenvalue weighted by molar-refractivity contribution is 5.43. The normalized spacial score (nSPS) is 22.1. The van der Waals surface area contributed by atoms with Gasteiger partial charge in [0.25, 0.3) is 0 Å². The van der Waals surface area contributed by atoms with Crippen LogP contribution in [0.5, 0.6) is 11.5 Å². The summed E-state index contributed by atoms with van der Waals surface area (Å²) >= 11 is 0. The maximum absolute atomic E-state index is 10.1. The van der Waals surface area contributed by atoms with E-state index in [-0.39, 0.29) is 11.9 Å². The molecule has 0 amide bonds. The first-order valence-electron chi connectivity index (χ1n) is 5.96. The third-order valence-corrected chi connectivity index (χ3v) is 3.23. The first-order valence-corrected chi connectivity index (χ1v) is 5.96. The number of aliphatic hydroxyl groups is 1. The molecule has 0 radical (unpaired) electrons. The van der Waals surface area contributed by atoms with Crippen molar-refractivity contribution in [3.05, 3.63) is 59.7 Å². The van der Waals surface area contributed by atoms with Crippen LogP contribution >= 0.6 is 0 Å². The highest BCUT2D eigenvalue weighted by Crippen LogP contribution is 2.41. The van der Waals surface area contributed by atoms with Crippen molar-refractivity contribution in [2.45, 2.75) is 18.6 Å². The van der Waals surface area contributed by atoms with Crippen LogP contribution in [-0.2, 0) is 0 Å². The number of aromatic hydroxyl groups is 1. The van der Waals surface area contributed by atoms with Gasteiger partial charge in [0.15, 0.2) is 0 Å². The number of hydrogen-bond donors (Lipinski definition) is 2. The molecule has 2 aromatic rings. The lowest BCUT2D eigenvalue weighted by molar-refractivity contribution is 0.0655. The predicted molar refractivity (Wildman–Crippen MR) is 67.5 cm³/mol. The first-order chi connectivity index (χ1) is 8.74. The molecule has 1 aliphatic heterocycles. The Bertz CT molecular complexity index is 551. The summed E-state index contributed by atoms with van der Waals surface area (Å²) in [7, 11) is 0. The van der Waals surface area contributed by atoms with Crippen LogP contribution in [0.3, 0.4) is 0 Å². The van der Waals surface area contributed by atoms with Crippen LogP contribution in [0, 0.1) is 0 Å². The molecule has 0 aromatic heterocycles. The summed E-state index contributed by atoms with van der Waals surface area (Å²) in [5, 5.41) is 19.6. The lowest BCUT2D eigenvalue weighted by atomic mass is 9.95. The van der Waals surface area contributed by atoms with Crippen molar-refractivity contribution in [3.8, 4) is 11.5 Å². The Kier molecular flexibility index (Phi) is 2.68. The van der Waals surface area contributed by atoms with Crippen molar-refractivity contribution < 1.29 is 14.9 Å². The third-order valence-electron chi connectivity index (χ3n) is 3.23. The first kappa shape index (κ1) is 11.1. The molecule has 92 valence electrons. The summed E-state index contributed by atoms with van der Waals surface area (Å²) in [6.45, 7) is 0. The maximum Gasteiger partial charge on any atom is 0.129 e. The minimum atomic E-state index is -0.556. The summed E-state index contributed by atoms with van der Waals surface area (Å²) in [5.74, 6) is 0.706. The molecule has 0 saturated carbocycles. The van der Waals surface area contributed by atoms with Crippen LogP contribution in [0.15, 0.2) is 48.5 Å². The van der Waals surface area contributed by atoms with Crippen molar-refractivity contribution >= 4 is 0 Å². The number of rotatable bonds is 1. The van der Waals surface area contributed by atoms with E-state index in [1.165, 1.54) is 0 Å². The molecule has 0 bridgehead atoms. The van der Waals surface area contributed by atoms with Crippen molar-refractivity contribution in [1.82, 2.24) is 0 Å². The van der Waals surface area contributed by atoms with Gasteiger partial charge in [0.2, 0.25) is 0 Å². The van der Waals surface area contributed by atoms with Gasteiger partial charge in [-0.3, -0.25) is 0 Å². The second-order valence-electron chi connectivity index (χ2n) is 4.49. The van der Waals surface area contributed by atoms with E-state index in [0.29, 0.717) is 12.2 Å². The Morgan fingerprint density at radius 1 is 1.06 bits per heavy atom. The van der Waals surface area contributed by atoms with E-state index >= 15 is 0 Å². The zero-order valence-corrected chi connectivity index (χ0v) is 9.78. The van der Waals surface area contributed by atoms with Crippen LogP contribution in [-0.4, -0.2) is 10.2 Å². The maximum atomic E-state index is 10.1. The lowest BCUT2D eigenvalue weighted by Crippen LogP contribution is -2.18. The molecular formula is C15H14O3. The topological polar surface area (TPSA) is 49.7 Å². The quantitative estimate of drug-likeness (QED) is 0.808. The van der Waals surface area contributed by atoms with Gasteiger partial charge >= 0.3 is 0 Å². The van der Waals surface area contributed by atoms with Gasteiger partial charge in [0, 0.05) is 18.1 Å². The molecule has 0 fully saturated rings. The minimum absolute atomic E-state index is 0.148. The minimum Gasteiger partial charge on any atom is -0.508 e. The van der Waals surface area contributed by atoms with Crippen molar-refractivity contribution in [2.75, 3.05) is 0 Å². The summed E-state index contributed by atoms with van der Waals surface area (Å²) in [5.41, 5.74) is 1.77. The van der Waals surface area contributed by atoms with Gasteiger partial charge in [-0.1, -0.05) is 30.3 Å². The molecule has 2 N–H and O–H groups in total. The summed E-state index contributed by atoms with van der Waals surface area (Å²) in [6, 6.07) is 14.6. The van der Waals surface area contributed by atoms with Crippen LogP contribution in [0.25, 0.3) is 0 Å². The second kappa shape index (κ2) is 4.35. The number of benzene rings is 2. The van der Waals surface area contributed by atoms with Gasteiger partial charge < -0.3 is 14.9 Å². The Morgan fingerprint density at radius 2 is 1.83 bits per heavy atom. The molecule has 1 aliphatic rings. The lowest BCUT2D eigenvalue weighted by Gasteiger charge is -2.30. The molecule has 18 heavy (non-hydrogen) atoms. The highest BCUT2D eigenvalue weighted by Gasteiger charge is 2.28. The number of phenolic OH excluding ortho intramolecular Hbond substituents is 1. The fourth-order valence-corrected chi connectivity index (χ4v) is 2.30. The molecule has 2 atom stereocenters. The van der Waals surface area contributed by atoms with Gasteiger partial charge in [0.05, 0.1) is 6.10 Å². The van der Waals surface area contributed by atoms with Crippen molar-refractivity contribution in [3.63, 3.8) is 0 Å². The number of ether oxygens (including phenoxy) is 1. The third kappa shape index (κ3) is 1.93. The predicted octanol–water partition coefficient (Wildman–Crippen LogP) is 2.95. The zero-order chi connectivity index (χ0) is 12.5. The number of hydrogen-bond acceptors (Lipinski definition) is 3. The molecule has 3 heteroatoms. The van der Waals surface area contributed by atoms with E-state index in [4.69, 9.17) is 4.74 Å². The van der Waals surface area contributed by atoms with E-state index < -0.39 is 6.10 Å². The smallest absolute Gasteiger partial charge is 0.129 e. The second-order valence-corrected chi connectivity index (χ2v) is 4.49. The van der Waals surface area contributed by atoms with Gasteiger partial charge in [-0.2, -0.15) is 0 Å². The molecule has 1 heterocycles. The van der Waals surface area contributed by atoms with Crippen LogP contribution < -0.4 is 4.74 Å². The SMILES string of the molecule is Oc1ccc2c(c1)OC(c1ccccc1)CC2O. The summed E-state index contributed by atoms with van der Waals surface area (Å²) < 4.78 is 5.85.